The number of ether oxygens (including phenoxy) is 2. The molecule has 2 aliphatic rings. The molecule has 2 fully saturated rings. The SMILES string of the molecule is C#CC[C@H](NC(=O)OC)C(=O)N1CCC[C@H]1c1nc2ccc(-c3ccc(-c4ccc5nc([C@@H]6CCCN6C(=O)[C@@H](NC(=O)OC)C(C)C)[nH]c5c4)cc3)cc2[nH]1. The summed E-state index contributed by atoms with van der Waals surface area (Å²) in [7, 11) is 2.53. The van der Waals surface area contributed by atoms with Crippen molar-refractivity contribution >= 4 is 46.1 Å². The molecule has 0 bridgehead atoms. The molecular weight excluding hydrogens is 713 g/mol. The van der Waals surface area contributed by atoms with Gasteiger partial charge in [-0.1, -0.05) is 50.2 Å². The molecule has 290 valence electrons. The minimum atomic E-state index is -0.882. The minimum absolute atomic E-state index is 0.0553. The third-order valence-corrected chi connectivity index (χ3v) is 10.7. The molecule has 56 heavy (non-hydrogen) atoms. The fourth-order valence-corrected chi connectivity index (χ4v) is 7.82. The molecule has 2 aliphatic heterocycles. The summed E-state index contributed by atoms with van der Waals surface area (Å²) in [4.78, 5) is 71.1. The average molecular weight is 759 g/mol. The number of methoxy groups -OCH3 is 2. The Morgan fingerprint density at radius 3 is 1.68 bits per heavy atom. The fourth-order valence-electron chi connectivity index (χ4n) is 7.82. The van der Waals surface area contributed by atoms with Gasteiger partial charge in [0.1, 0.15) is 23.7 Å². The van der Waals surface area contributed by atoms with Gasteiger partial charge in [-0.3, -0.25) is 9.59 Å². The van der Waals surface area contributed by atoms with E-state index in [1.54, 1.807) is 4.90 Å². The highest BCUT2D eigenvalue weighted by Gasteiger charge is 2.38. The molecule has 14 heteroatoms. The first kappa shape index (κ1) is 37.9. The molecular formula is C42H46N8O6. The Balaban J connectivity index is 1.06. The largest absolute Gasteiger partial charge is 0.453 e. The Hall–Kier alpha value is -6.36. The first-order valence-corrected chi connectivity index (χ1v) is 18.9. The van der Waals surface area contributed by atoms with Gasteiger partial charge in [0.15, 0.2) is 0 Å². The molecule has 0 radical (unpaired) electrons. The van der Waals surface area contributed by atoms with Gasteiger partial charge < -0.3 is 39.9 Å². The fraction of sp³-hybridized carbons (Fsp3) is 0.381. The van der Waals surface area contributed by atoms with Crippen LogP contribution in [-0.2, 0) is 19.1 Å². The van der Waals surface area contributed by atoms with E-state index >= 15 is 0 Å². The Morgan fingerprint density at radius 1 is 0.750 bits per heavy atom. The Morgan fingerprint density at radius 2 is 1.21 bits per heavy atom. The van der Waals surface area contributed by atoms with Gasteiger partial charge >= 0.3 is 12.2 Å². The van der Waals surface area contributed by atoms with E-state index in [1.807, 2.05) is 43.0 Å². The zero-order valence-corrected chi connectivity index (χ0v) is 31.9. The number of nitrogens with one attached hydrogen (secondary N) is 4. The summed E-state index contributed by atoms with van der Waals surface area (Å²) in [6, 6.07) is 18.5. The molecule has 5 aromatic rings. The van der Waals surface area contributed by atoms with Crippen molar-refractivity contribution in [1.82, 2.24) is 40.4 Å². The number of aromatic nitrogens is 4. The highest BCUT2D eigenvalue weighted by molar-refractivity contribution is 5.88. The molecule has 2 saturated heterocycles. The molecule has 4 heterocycles. The Labute approximate surface area is 324 Å². The van der Waals surface area contributed by atoms with Crippen LogP contribution in [0.25, 0.3) is 44.3 Å². The monoisotopic (exact) mass is 758 g/mol. The predicted octanol–water partition coefficient (Wildman–Crippen LogP) is 6.23. The van der Waals surface area contributed by atoms with E-state index in [1.165, 1.54) is 14.2 Å². The lowest BCUT2D eigenvalue weighted by atomic mass is 10.00. The van der Waals surface area contributed by atoms with Crippen LogP contribution >= 0.6 is 0 Å². The zero-order valence-electron chi connectivity index (χ0n) is 31.9. The summed E-state index contributed by atoms with van der Waals surface area (Å²) in [5.41, 5.74) is 7.46. The maximum atomic E-state index is 13.6. The lowest BCUT2D eigenvalue weighted by Crippen LogP contribution is -2.51. The number of likely N-dealkylation sites (tertiary alicyclic amines) is 2. The number of rotatable bonds is 10. The van der Waals surface area contributed by atoms with Crippen LogP contribution < -0.4 is 10.6 Å². The molecule has 4 amide bonds. The maximum Gasteiger partial charge on any atom is 0.407 e. The molecule has 7 rings (SSSR count). The van der Waals surface area contributed by atoms with Crippen molar-refractivity contribution in [1.29, 1.82) is 0 Å². The molecule has 0 aliphatic carbocycles. The Bertz CT molecular complexity index is 2310. The van der Waals surface area contributed by atoms with Crippen LogP contribution in [0.2, 0.25) is 0 Å². The van der Waals surface area contributed by atoms with Crippen LogP contribution in [0, 0.1) is 18.3 Å². The number of aromatic amines is 2. The number of nitrogens with zero attached hydrogens (tertiary/aromatic N) is 4. The van der Waals surface area contributed by atoms with E-state index in [0.29, 0.717) is 18.9 Å². The van der Waals surface area contributed by atoms with Crippen LogP contribution in [0.3, 0.4) is 0 Å². The van der Waals surface area contributed by atoms with Crippen molar-refractivity contribution in [2.45, 2.75) is 70.1 Å². The molecule has 0 spiro atoms. The quantitative estimate of drug-likeness (QED) is 0.121. The van der Waals surface area contributed by atoms with E-state index < -0.39 is 24.3 Å². The standard InChI is InChI=1S/C42H46N8O6/c1-6-9-31(47-41(53)55-4)39(51)49-20-7-10-34(49)37-43-29-18-16-27(22-32(29)45-37)25-12-14-26(15-13-25)28-17-19-30-33(23-28)46-38(44-30)35-11-8-21-50(35)40(52)36(24(2)3)48-42(54)56-5/h1,12-19,22-24,31,34-36H,7-11,20-21H2,2-5H3,(H,43,45)(H,44,46)(H,47,53)(H,48,54)/t31-,34-,35-,36-/m0/s1. The second-order valence-electron chi connectivity index (χ2n) is 14.6. The number of hydrogen-bond acceptors (Lipinski definition) is 8. The molecule has 4 atom stereocenters. The van der Waals surface area contributed by atoms with E-state index in [4.69, 9.17) is 25.9 Å². The summed E-state index contributed by atoms with van der Waals surface area (Å²) in [5, 5.41) is 5.26. The number of hydrogen-bond donors (Lipinski definition) is 4. The normalized spacial score (nSPS) is 17.9. The van der Waals surface area contributed by atoms with Crippen molar-refractivity contribution in [2.24, 2.45) is 5.92 Å². The lowest BCUT2D eigenvalue weighted by molar-refractivity contribution is -0.135. The lowest BCUT2D eigenvalue weighted by Gasteiger charge is -2.29. The van der Waals surface area contributed by atoms with Crippen molar-refractivity contribution in [3.05, 3.63) is 72.3 Å². The second kappa shape index (κ2) is 16.2. The summed E-state index contributed by atoms with van der Waals surface area (Å²) >= 11 is 0. The van der Waals surface area contributed by atoms with Gasteiger partial charge in [0.2, 0.25) is 11.8 Å². The number of carbonyl (C=O) groups excluding carboxylic acids is 4. The number of H-pyrrole nitrogens is 2. The number of imidazole rings is 2. The van der Waals surface area contributed by atoms with Crippen LogP contribution in [0.5, 0.6) is 0 Å². The minimum Gasteiger partial charge on any atom is -0.453 e. The van der Waals surface area contributed by atoms with Crippen molar-refractivity contribution < 1.29 is 28.7 Å². The van der Waals surface area contributed by atoms with Gasteiger partial charge in [-0.25, -0.2) is 19.6 Å². The predicted molar refractivity (Wildman–Crippen MR) is 211 cm³/mol. The number of fused-ring (bicyclic) bond motifs is 2. The number of terminal acetylenes is 1. The number of alkyl carbamates (subject to hydrolysis) is 2. The van der Waals surface area contributed by atoms with E-state index in [0.717, 1.165) is 75.8 Å². The van der Waals surface area contributed by atoms with Crippen LogP contribution in [0.1, 0.15) is 69.7 Å². The van der Waals surface area contributed by atoms with Crippen molar-refractivity contribution in [3.8, 4) is 34.6 Å². The third kappa shape index (κ3) is 7.62. The molecule has 3 aromatic carbocycles. The summed E-state index contributed by atoms with van der Waals surface area (Å²) in [6.45, 7) is 4.92. The summed E-state index contributed by atoms with van der Waals surface area (Å²) < 4.78 is 9.46. The van der Waals surface area contributed by atoms with Gasteiger partial charge in [0.05, 0.1) is 48.4 Å². The van der Waals surface area contributed by atoms with Crippen LogP contribution in [0.4, 0.5) is 9.59 Å². The summed E-state index contributed by atoms with van der Waals surface area (Å²) in [5.74, 6) is 3.38. The molecule has 14 nitrogen and oxygen atoms in total. The number of benzene rings is 3. The van der Waals surface area contributed by atoms with Crippen LogP contribution in [-0.4, -0.2) is 93.1 Å². The van der Waals surface area contributed by atoms with E-state index in [2.05, 4.69) is 62.9 Å². The molecule has 0 unspecified atom stereocenters. The van der Waals surface area contributed by atoms with Gasteiger partial charge in [-0.2, -0.15) is 0 Å². The van der Waals surface area contributed by atoms with Gasteiger partial charge in [-0.15, -0.1) is 12.3 Å². The maximum absolute atomic E-state index is 13.6. The highest BCUT2D eigenvalue weighted by atomic mass is 16.5. The molecule has 2 aromatic heterocycles. The van der Waals surface area contributed by atoms with Crippen molar-refractivity contribution in [3.63, 3.8) is 0 Å². The number of carbonyl (C=O) groups is 4. The molecule has 4 N–H and O–H groups in total. The number of amides is 4. The average Bonchev–Trinajstić information content (AvgIpc) is 4.04. The smallest absolute Gasteiger partial charge is 0.407 e. The van der Waals surface area contributed by atoms with Crippen LogP contribution in [0.15, 0.2) is 60.7 Å². The Kier molecular flexibility index (Phi) is 10.9. The zero-order chi connectivity index (χ0) is 39.5. The first-order chi connectivity index (χ1) is 27.1. The first-order valence-electron chi connectivity index (χ1n) is 18.9. The van der Waals surface area contributed by atoms with Gasteiger partial charge in [0, 0.05) is 19.5 Å². The second-order valence-corrected chi connectivity index (χ2v) is 14.6. The third-order valence-electron chi connectivity index (χ3n) is 10.7. The van der Waals surface area contributed by atoms with Crippen molar-refractivity contribution in [2.75, 3.05) is 27.3 Å². The van der Waals surface area contributed by atoms with Gasteiger partial charge in [-0.05, 0) is 78.1 Å². The van der Waals surface area contributed by atoms with E-state index in [9.17, 15) is 19.2 Å². The van der Waals surface area contributed by atoms with Gasteiger partial charge in [0.25, 0.3) is 0 Å². The van der Waals surface area contributed by atoms with E-state index in [-0.39, 0.29) is 36.2 Å². The highest BCUT2D eigenvalue weighted by Crippen LogP contribution is 2.35. The summed E-state index contributed by atoms with van der Waals surface area (Å²) in [6.07, 6.45) is 7.38. The molecule has 0 saturated carbocycles. The topological polar surface area (TPSA) is 175 Å².